The molecule has 2 aromatic heterocycles. The molecule has 0 atom stereocenters. The third kappa shape index (κ3) is 3.89. The first kappa shape index (κ1) is 20.3. The van der Waals surface area contributed by atoms with Crippen LogP contribution in [0.15, 0.2) is 48.8 Å². The normalized spacial score (nSPS) is 12.9. The smallest absolute Gasteiger partial charge is 0.341 e. The summed E-state index contributed by atoms with van der Waals surface area (Å²) in [7, 11) is 0. The number of esters is 1. The van der Waals surface area contributed by atoms with Gasteiger partial charge in [0.1, 0.15) is 5.56 Å². The van der Waals surface area contributed by atoms with Crippen LogP contribution in [0.1, 0.15) is 50.8 Å². The molecule has 3 aromatic rings. The molecule has 0 aliphatic carbocycles. The maximum Gasteiger partial charge on any atom is 0.341 e. The highest BCUT2D eigenvalue weighted by molar-refractivity contribution is 6.21. The van der Waals surface area contributed by atoms with Gasteiger partial charge in [0, 0.05) is 24.8 Å². The van der Waals surface area contributed by atoms with E-state index < -0.39 is 5.97 Å². The first-order valence-electron chi connectivity index (χ1n) is 9.89. The van der Waals surface area contributed by atoms with Crippen molar-refractivity contribution in [3.05, 3.63) is 65.5 Å². The number of ether oxygens (including phenoxy) is 1. The predicted octanol–water partition coefficient (Wildman–Crippen LogP) is 2.53. The molecular formula is C22H20N4O5. The van der Waals surface area contributed by atoms with Crippen LogP contribution in [0.25, 0.3) is 5.52 Å². The number of hydrogen-bond donors (Lipinski definition) is 1. The van der Waals surface area contributed by atoms with E-state index in [2.05, 4.69) is 10.4 Å². The molecule has 0 radical (unpaired) electrons. The summed E-state index contributed by atoms with van der Waals surface area (Å²) in [6.45, 7) is 2.13. The topological polar surface area (TPSA) is 110 Å². The van der Waals surface area contributed by atoms with E-state index in [9.17, 15) is 19.2 Å². The van der Waals surface area contributed by atoms with E-state index in [1.165, 1.54) is 15.6 Å². The van der Waals surface area contributed by atoms with Gasteiger partial charge in [-0.1, -0.05) is 12.1 Å². The molecule has 4 rings (SSSR count). The van der Waals surface area contributed by atoms with Crippen LogP contribution in [-0.4, -0.2) is 51.4 Å². The molecule has 31 heavy (non-hydrogen) atoms. The average Bonchev–Trinajstić information content (AvgIpc) is 3.29. The number of nitrogens with one attached hydrogen (secondary N) is 1. The van der Waals surface area contributed by atoms with Gasteiger partial charge in [-0.05, 0) is 37.6 Å². The van der Waals surface area contributed by atoms with Crippen molar-refractivity contribution in [2.24, 2.45) is 0 Å². The van der Waals surface area contributed by atoms with Crippen molar-refractivity contribution < 1.29 is 23.9 Å². The van der Waals surface area contributed by atoms with Gasteiger partial charge in [0.25, 0.3) is 11.8 Å². The van der Waals surface area contributed by atoms with E-state index in [-0.39, 0.29) is 37.3 Å². The van der Waals surface area contributed by atoms with Crippen LogP contribution in [0.2, 0.25) is 0 Å². The number of pyridine rings is 1. The number of amides is 3. The number of hydrogen-bond acceptors (Lipinski definition) is 6. The molecule has 3 heterocycles. The fourth-order valence-electron chi connectivity index (χ4n) is 3.49. The number of carbonyl (C=O) groups excluding carboxylic acids is 4. The average molecular weight is 420 g/mol. The van der Waals surface area contributed by atoms with Crippen molar-refractivity contribution in [3.63, 3.8) is 0 Å². The molecule has 0 saturated carbocycles. The lowest BCUT2D eigenvalue weighted by atomic mass is 10.1. The molecule has 0 bridgehead atoms. The molecule has 1 aliphatic rings. The van der Waals surface area contributed by atoms with E-state index in [1.807, 2.05) is 0 Å². The fraction of sp³-hybridized carbons (Fsp3) is 0.227. The van der Waals surface area contributed by atoms with Crippen LogP contribution in [0.5, 0.6) is 0 Å². The summed E-state index contributed by atoms with van der Waals surface area (Å²) in [6.07, 6.45) is 3.51. The number of imide groups is 1. The standard InChI is InChI=1S/C22H20N4O5/c1-2-31-22(30)17-13-23-26-11-9-14(12-18(17)26)24-19(27)8-5-10-25-20(28)15-6-3-4-7-16(15)21(25)29/h3-4,6-7,9,11-13H,2,5,8,10H2,1H3,(H,24,27). The van der Waals surface area contributed by atoms with Crippen LogP contribution in [-0.2, 0) is 9.53 Å². The highest BCUT2D eigenvalue weighted by Crippen LogP contribution is 2.23. The Morgan fingerprint density at radius 2 is 1.81 bits per heavy atom. The summed E-state index contributed by atoms with van der Waals surface area (Å²) in [6, 6.07) is 9.98. The van der Waals surface area contributed by atoms with Crippen molar-refractivity contribution in [2.75, 3.05) is 18.5 Å². The first-order chi connectivity index (χ1) is 15.0. The molecule has 158 valence electrons. The number of benzene rings is 1. The van der Waals surface area contributed by atoms with Gasteiger partial charge in [-0.2, -0.15) is 5.10 Å². The number of carbonyl (C=O) groups is 4. The van der Waals surface area contributed by atoms with E-state index >= 15 is 0 Å². The Morgan fingerprint density at radius 3 is 2.48 bits per heavy atom. The van der Waals surface area contributed by atoms with Crippen molar-refractivity contribution in [1.29, 1.82) is 0 Å². The van der Waals surface area contributed by atoms with E-state index in [1.54, 1.807) is 49.5 Å². The monoisotopic (exact) mass is 420 g/mol. The number of anilines is 1. The maximum absolute atomic E-state index is 12.4. The van der Waals surface area contributed by atoms with E-state index in [4.69, 9.17) is 4.74 Å². The lowest BCUT2D eigenvalue weighted by Crippen LogP contribution is -2.31. The molecule has 1 aromatic carbocycles. The van der Waals surface area contributed by atoms with E-state index in [0.29, 0.717) is 34.3 Å². The Bertz CT molecular complexity index is 1160. The number of rotatable bonds is 7. The number of fused-ring (bicyclic) bond motifs is 2. The molecule has 1 aliphatic heterocycles. The first-order valence-corrected chi connectivity index (χ1v) is 9.89. The highest BCUT2D eigenvalue weighted by atomic mass is 16.5. The Hall–Kier alpha value is -4.01. The molecule has 3 amide bonds. The highest BCUT2D eigenvalue weighted by Gasteiger charge is 2.34. The number of aromatic nitrogens is 2. The lowest BCUT2D eigenvalue weighted by Gasteiger charge is -2.13. The van der Waals surface area contributed by atoms with Gasteiger partial charge in [0.2, 0.25) is 5.91 Å². The zero-order valence-electron chi connectivity index (χ0n) is 16.8. The zero-order chi connectivity index (χ0) is 22.0. The van der Waals surface area contributed by atoms with Crippen molar-refractivity contribution >= 4 is 34.9 Å². The maximum atomic E-state index is 12.4. The minimum absolute atomic E-state index is 0.128. The van der Waals surface area contributed by atoms with Gasteiger partial charge in [-0.15, -0.1) is 0 Å². The predicted molar refractivity (Wildman–Crippen MR) is 111 cm³/mol. The minimum Gasteiger partial charge on any atom is -0.462 e. The van der Waals surface area contributed by atoms with Crippen LogP contribution >= 0.6 is 0 Å². The SMILES string of the molecule is CCOC(=O)c1cnn2ccc(NC(=O)CCCN3C(=O)c4ccccc4C3=O)cc12. The third-order valence-electron chi connectivity index (χ3n) is 4.96. The third-order valence-corrected chi connectivity index (χ3v) is 4.96. The second-order valence-electron chi connectivity index (χ2n) is 6.98. The largest absolute Gasteiger partial charge is 0.462 e. The number of nitrogens with zero attached hydrogens (tertiary/aromatic N) is 3. The van der Waals surface area contributed by atoms with Gasteiger partial charge in [-0.3, -0.25) is 19.3 Å². The summed E-state index contributed by atoms with van der Waals surface area (Å²) >= 11 is 0. The summed E-state index contributed by atoms with van der Waals surface area (Å²) in [5, 5.41) is 6.87. The molecular weight excluding hydrogens is 400 g/mol. The van der Waals surface area contributed by atoms with Gasteiger partial charge in [0.15, 0.2) is 0 Å². The van der Waals surface area contributed by atoms with Crippen LogP contribution in [0, 0.1) is 0 Å². The van der Waals surface area contributed by atoms with Crippen LogP contribution < -0.4 is 5.32 Å². The summed E-state index contributed by atoms with van der Waals surface area (Å²) in [5.41, 5.74) is 2.11. The Balaban J connectivity index is 1.36. The summed E-state index contributed by atoms with van der Waals surface area (Å²) < 4.78 is 6.54. The Kier molecular flexibility index (Phi) is 5.48. The van der Waals surface area contributed by atoms with E-state index in [0.717, 1.165) is 0 Å². The molecule has 9 nitrogen and oxygen atoms in total. The van der Waals surface area contributed by atoms with Gasteiger partial charge < -0.3 is 10.1 Å². The quantitative estimate of drug-likeness (QED) is 0.465. The fourth-order valence-corrected chi connectivity index (χ4v) is 3.49. The molecule has 0 saturated heterocycles. The molecule has 0 spiro atoms. The van der Waals surface area contributed by atoms with Crippen molar-refractivity contribution in [1.82, 2.24) is 14.5 Å². The summed E-state index contributed by atoms with van der Waals surface area (Å²) in [4.78, 5) is 50.3. The van der Waals surface area contributed by atoms with Gasteiger partial charge in [0.05, 0.1) is 29.4 Å². The summed E-state index contributed by atoms with van der Waals surface area (Å²) in [5.74, 6) is -1.42. The molecule has 9 heteroatoms. The van der Waals surface area contributed by atoms with Gasteiger partial charge in [-0.25, -0.2) is 9.31 Å². The zero-order valence-corrected chi connectivity index (χ0v) is 16.8. The Labute approximate surface area is 177 Å². The van der Waals surface area contributed by atoms with Crippen molar-refractivity contribution in [2.45, 2.75) is 19.8 Å². The Morgan fingerprint density at radius 1 is 1.10 bits per heavy atom. The van der Waals surface area contributed by atoms with Crippen molar-refractivity contribution in [3.8, 4) is 0 Å². The minimum atomic E-state index is -0.484. The molecule has 1 N–H and O–H groups in total. The lowest BCUT2D eigenvalue weighted by molar-refractivity contribution is -0.116. The van der Waals surface area contributed by atoms with Gasteiger partial charge >= 0.3 is 5.97 Å². The second-order valence-corrected chi connectivity index (χ2v) is 6.98. The van der Waals surface area contributed by atoms with Crippen LogP contribution in [0.3, 0.4) is 0 Å². The second kappa shape index (κ2) is 8.39. The van der Waals surface area contributed by atoms with Crippen LogP contribution in [0.4, 0.5) is 5.69 Å². The molecule has 0 fully saturated rings. The molecule has 0 unspecified atom stereocenters.